The summed E-state index contributed by atoms with van der Waals surface area (Å²) in [6, 6.07) is 8.09. The molecular formula is C18H19BFN3O3. The number of hydrogen-bond donors (Lipinski definition) is 0. The van der Waals surface area contributed by atoms with Crippen LogP contribution in [0.3, 0.4) is 0 Å². The molecule has 0 N–H and O–H groups in total. The van der Waals surface area contributed by atoms with Gasteiger partial charge in [-0.2, -0.15) is 5.10 Å². The second-order valence-corrected chi connectivity index (χ2v) is 7.31. The van der Waals surface area contributed by atoms with Crippen LogP contribution in [0.2, 0.25) is 0 Å². The lowest BCUT2D eigenvalue weighted by Gasteiger charge is -2.32. The number of aromatic nitrogens is 3. The minimum atomic E-state index is -0.615. The van der Waals surface area contributed by atoms with Gasteiger partial charge >= 0.3 is 7.12 Å². The van der Waals surface area contributed by atoms with Gasteiger partial charge in [-0.3, -0.25) is 0 Å². The molecule has 134 valence electrons. The maximum Gasteiger partial charge on any atom is 0.494 e. The number of hydrogen-bond acceptors (Lipinski definition) is 5. The lowest BCUT2D eigenvalue weighted by atomic mass is 9.79. The van der Waals surface area contributed by atoms with Crippen LogP contribution in [0.25, 0.3) is 5.65 Å². The highest BCUT2D eigenvalue weighted by atomic mass is 19.1. The third-order valence-electron chi connectivity index (χ3n) is 4.96. The van der Waals surface area contributed by atoms with Crippen LogP contribution in [0.15, 0.2) is 42.9 Å². The molecule has 1 aliphatic heterocycles. The fourth-order valence-corrected chi connectivity index (χ4v) is 2.71. The van der Waals surface area contributed by atoms with E-state index in [9.17, 15) is 4.39 Å². The molecule has 1 saturated heterocycles. The van der Waals surface area contributed by atoms with Crippen LogP contribution < -0.4 is 10.2 Å². The molecular weight excluding hydrogens is 336 g/mol. The van der Waals surface area contributed by atoms with Crippen LogP contribution in [0.1, 0.15) is 27.7 Å². The van der Waals surface area contributed by atoms with Gasteiger partial charge in [-0.25, -0.2) is 13.9 Å². The van der Waals surface area contributed by atoms with Gasteiger partial charge in [0.05, 0.1) is 11.2 Å². The summed E-state index contributed by atoms with van der Waals surface area (Å²) in [7, 11) is -0.615. The van der Waals surface area contributed by atoms with Crippen LogP contribution >= 0.6 is 0 Å². The monoisotopic (exact) mass is 355 g/mol. The topological polar surface area (TPSA) is 57.9 Å². The van der Waals surface area contributed by atoms with E-state index in [1.807, 2.05) is 27.7 Å². The van der Waals surface area contributed by atoms with Crippen LogP contribution in [0, 0.1) is 5.82 Å². The molecule has 1 aromatic carbocycles. The van der Waals surface area contributed by atoms with E-state index in [2.05, 4.69) is 10.1 Å². The molecule has 2 aromatic heterocycles. The van der Waals surface area contributed by atoms with Crippen molar-refractivity contribution in [2.24, 2.45) is 0 Å². The summed E-state index contributed by atoms with van der Waals surface area (Å²) in [6.45, 7) is 7.84. The third-order valence-corrected chi connectivity index (χ3v) is 4.96. The SMILES string of the molecule is CC1(C)OB(c2ccc(Oc3ccn4ncnc4c3)c(F)c2)OC1(C)C. The Morgan fingerprint density at radius 3 is 2.50 bits per heavy atom. The summed E-state index contributed by atoms with van der Waals surface area (Å²) in [5.41, 5.74) is 0.284. The van der Waals surface area contributed by atoms with E-state index in [1.165, 1.54) is 12.4 Å². The average molecular weight is 355 g/mol. The first-order valence-corrected chi connectivity index (χ1v) is 8.37. The number of fused-ring (bicyclic) bond motifs is 1. The molecule has 3 heterocycles. The first-order chi connectivity index (χ1) is 12.2. The maximum atomic E-state index is 14.6. The highest BCUT2D eigenvalue weighted by Crippen LogP contribution is 2.36. The highest BCUT2D eigenvalue weighted by molar-refractivity contribution is 6.62. The van der Waals surface area contributed by atoms with Gasteiger partial charge in [0.25, 0.3) is 0 Å². The Balaban J connectivity index is 1.56. The Morgan fingerprint density at radius 2 is 1.81 bits per heavy atom. The summed E-state index contributed by atoms with van der Waals surface area (Å²) < 4.78 is 33.7. The van der Waals surface area contributed by atoms with Crippen LogP contribution in [0.4, 0.5) is 4.39 Å². The third kappa shape index (κ3) is 2.85. The Morgan fingerprint density at radius 1 is 1.08 bits per heavy atom. The molecule has 0 bridgehead atoms. The van der Waals surface area contributed by atoms with Crippen molar-refractivity contribution < 1.29 is 18.4 Å². The predicted molar refractivity (Wildman–Crippen MR) is 95.2 cm³/mol. The Hall–Kier alpha value is -2.45. The number of ether oxygens (including phenoxy) is 1. The van der Waals surface area contributed by atoms with Crippen LogP contribution in [-0.4, -0.2) is 32.9 Å². The van der Waals surface area contributed by atoms with Gasteiger partial charge in [0.1, 0.15) is 12.1 Å². The summed E-state index contributed by atoms with van der Waals surface area (Å²) in [5.74, 6) is 0.112. The smallest absolute Gasteiger partial charge is 0.454 e. The van der Waals surface area contributed by atoms with Gasteiger partial charge in [0.15, 0.2) is 17.2 Å². The zero-order valence-corrected chi connectivity index (χ0v) is 15.1. The molecule has 0 atom stereocenters. The van der Waals surface area contributed by atoms with E-state index in [4.69, 9.17) is 14.0 Å². The molecule has 4 rings (SSSR count). The lowest BCUT2D eigenvalue weighted by molar-refractivity contribution is 0.00578. The van der Waals surface area contributed by atoms with Gasteiger partial charge in [0.2, 0.25) is 0 Å². The van der Waals surface area contributed by atoms with Crippen molar-refractivity contribution in [2.45, 2.75) is 38.9 Å². The first kappa shape index (κ1) is 17.0. The summed E-state index contributed by atoms with van der Waals surface area (Å²) in [5, 5.41) is 4.01. The van der Waals surface area contributed by atoms with E-state index in [1.54, 1.807) is 35.0 Å². The molecule has 6 nitrogen and oxygen atoms in total. The summed E-state index contributed by atoms with van der Waals surface area (Å²) >= 11 is 0. The van der Waals surface area contributed by atoms with Gasteiger partial charge in [-0.15, -0.1) is 0 Å². The molecule has 0 amide bonds. The van der Waals surface area contributed by atoms with E-state index in [0.717, 1.165) is 0 Å². The Labute approximate surface area is 151 Å². The number of rotatable bonds is 3. The van der Waals surface area contributed by atoms with Crippen molar-refractivity contribution in [3.63, 3.8) is 0 Å². The molecule has 0 saturated carbocycles. The van der Waals surface area contributed by atoms with Crippen molar-refractivity contribution in [3.8, 4) is 11.5 Å². The van der Waals surface area contributed by atoms with E-state index in [-0.39, 0.29) is 5.75 Å². The van der Waals surface area contributed by atoms with E-state index in [0.29, 0.717) is 16.9 Å². The van der Waals surface area contributed by atoms with E-state index < -0.39 is 24.1 Å². The Kier molecular flexibility index (Phi) is 3.78. The number of nitrogens with zero attached hydrogens (tertiary/aromatic N) is 3. The zero-order chi connectivity index (χ0) is 18.5. The predicted octanol–water partition coefficient (Wildman–Crippen LogP) is 2.96. The van der Waals surface area contributed by atoms with E-state index >= 15 is 0 Å². The summed E-state index contributed by atoms with van der Waals surface area (Å²) in [4.78, 5) is 4.08. The maximum absolute atomic E-state index is 14.6. The molecule has 0 spiro atoms. The van der Waals surface area contributed by atoms with Gasteiger partial charge in [-0.05, 0) is 51.4 Å². The van der Waals surface area contributed by atoms with Crippen molar-refractivity contribution in [3.05, 3.63) is 48.7 Å². The Bertz CT molecular complexity index is 957. The molecule has 3 aromatic rings. The zero-order valence-electron chi connectivity index (χ0n) is 15.1. The molecule has 26 heavy (non-hydrogen) atoms. The van der Waals surface area contributed by atoms with Crippen molar-refractivity contribution in [2.75, 3.05) is 0 Å². The largest absolute Gasteiger partial charge is 0.494 e. The quantitative estimate of drug-likeness (QED) is 0.676. The minimum absolute atomic E-state index is 0.120. The van der Waals surface area contributed by atoms with Gasteiger partial charge in [-0.1, -0.05) is 6.07 Å². The minimum Gasteiger partial charge on any atom is -0.454 e. The van der Waals surface area contributed by atoms with Gasteiger partial charge in [0, 0.05) is 12.3 Å². The molecule has 8 heteroatoms. The standard InChI is InChI=1S/C18H19BFN3O3/c1-17(2)18(3,4)26-19(25-17)12-5-6-15(14(20)9-12)24-13-7-8-23-16(10-13)21-11-22-23/h5-11H,1-4H3. The first-order valence-electron chi connectivity index (χ1n) is 8.37. The molecule has 1 aliphatic rings. The van der Waals surface area contributed by atoms with Crippen LogP contribution in [0.5, 0.6) is 11.5 Å². The number of benzene rings is 1. The number of pyridine rings is 1. The molecule has 0 radical (unpaired) electrons. The second-order valence-electron chi connectivity index (χ2n) is 7.31. The lowest BCUT2D eigenvalue weighted by Crippen LogP contribution is -2.41. The van der Waals surface area contributed by atoms with Crippen molar-refractivity contribution in [1.82, 2.24) is 14.6 Å². The second kappa shape index (κ2) is 5.79. The highest BCUT2D eigenvalue weighted by Gasteiger charge is 2.51. The fraction of sp³-hybridized carbons (Fsp3) is 0.333. The fourth-order valence-electron chi connectivity index (χ4n) is 2.71. The van der Waals surface area contributed by atoms with Crippen molar-refractivity contribution in [1.29, 1.82) is 0 Å². The van der Waals surface area contributed by atoms with Crippen LogP contribution in [-0.2, 0) is 9.31 Å². The molecule has 0 aliphatic carbocycles. The molecule has 0 unspecified atom stereocenters. The van der Waals surface area contributed by atoms with Crippen molar-refractivity contribution >= 4 is 18.2 Å². The molecule has 1 fully saturated rings. The number of halogens is 1. The normalized spacial score (nSPS) is 18.4. The average Bonchev–Trinajstić information content (AvgIpc) is 3.11. The van der Waals surface area contributed by atoms with Gasteiger partial charge < -0.3 is 14.0 Å². The summed E-state index contributed by atoms with van der Waals surface area (Å²) in [6.07, 6.45) is 3.15.